The predicted octanol–water partition coefficient (Wildman–Crippen LogP) is 1.11. The Balaban J connectivity index is 1.77. The Bertz CT molecular complexity index is 263. The highest BCUT2D eigenvalue weighted by atomic mass is 16.6. The number of hydrogen-bond donors (Lipinski definition) is 1. The van der Waals surface area contributed by atoms with Gasteiger partial charge in [-0.2, -0.15) is 0 Å². The summed E-state index contributed by atoms with van der Waals surface area (Å²) in [6, 6.07) is 0.752. The third kappa shape index (κ3) is 1.51. The summed E-state index contributed by atoms with van der Waals surface area (Å²) < 4.78 is 5.44. The van der Waals surface area contributed by atoms with Crippen molar-refractivity contribution in [1.82, 2.24) is 10.2 Å². The molecule has 1 amide bonds. The summed E-state index contributed by atoms with van der Waals surface area (Å²) >= 11 is 0. The second-order valence-electron chi connectivity index (χ2n) is 4.83. The first-order valence-electron chi connectivity index (χ1n) is 6.06. The highest BCUT2D eigenvalue weighted by molar-refractivity contribution is 5.71. The zero-order valence-electron chi connectivity index (χ0n) is 8.95. The van der Waals surface area contributed by atoms with Crippen LogP contribution in [0.5, 0.6) is 0 Å². The van der Waals surface area contributed by atoms with Crippen molar-refractivity contribution in [2.24, 2.45) is 0 Å². The van der Waals surface area contributed by atoms with Crippen LogP contribution in [0.2, 0.25) is 0 Å². The molecule has 2 saturated heterocycles. The Morgan fingerprint density at radius 3 is 2.87 bits per heavy atom. The van der Waals surface area contributed by atoms with Crippen molar-refractivity contribution in [1.29, 1.82) is 0 Å². The van der Waals surface area contributed by atoms with E-state index in [9.17, 15) is 4.79 Å². The van der Waals surface area contributed by atoms with Crippen molar-refractivity contribution in [3.8, 4) is 0 Å². The summed E-state index contributed by atoms with van der Waals surface area (Å²) in [5.74, 6) is 0. The van der Waals surface area contributed by atoms with Gasteiger partial charge in [-0.15, -0.1) is 0 Å². The Morgan fingerprint density at radius 2 is 2.07 bits per heavy atom. The van der Waals surface area contributed by atoms with Crippen LogP contribution in [-0.2, 0) is 4.74 Å². The lowest BCUT2D eigenvalue weighted by Gasteiger charge is -2.32. The van der Waals surface area contributed by atoms with E-state index in [2.05, 4.69) is 5.32 Å². The molecule has 1 aliphatic carbocycles. The molecule has 3 aliphatic rings. The highest BCUT2D eigenvalue weighted by Crippen LogP contribution is 2.32. The summed E-state index contributed by atoms with van der Waals surface area (Å²) in [7, 11) is 0. The van der Waals surface area contributed by atoms with E-state index in [0.717, 1.165) is 19.5 Å². The number of carbonyl (C=O) groups excluding carboxylic acids is 1. The number of ether oxygens (including phenoxy) is 1. The minimum Gasteiger partial charge on any atom is -0.444 e. The van der Waals surface area contributed by atoms with E-state index in [0.29, 0.717) is 12.1 Å². The predicted molar refractivity (Wildman–Crippen MR) is 55.6 cm³/mol. The summed E-state index contributed by atoms with van der Waals surface area (Å²) in [6.45, 7) is 1.89. The van der Waals surface area contributed by atoms with Gasteiger partial charge in [-0.3, -0.25) is 4.90 Å². The smallest absolute Gasteiger partial charge is 0.410 e. The largest absolute Gasteiger partial charge is 0.444 e. The molecule has 0 aromatic heterocycles. The minimum absolute atomic E-state index is 0.0689. The molecule has 3 rings (SSSR count). The van der Waals surface area contributed by atoms with Crippen LogP contribution < -0.4 is 5.32 Å². The Morgan fingerprint density at radius 1 is 1.27 bits per heavy atom. The van der Waals surface area contributed by atoms with Gasteiger partial charge in [0.2, 0.25) is 0 Å². The van der Waals surface area contributed by atoms with Crippen LogP contribution in [0, 0.1) is 0 Å². The van der Waals surface area contributed by atoms with E-state index < -0.39 is 0 Å². The van der Waals surface area contributed by atoms with Gasteiger partial charge in [0.05, 0.1) is 6.04 Å². The first kappa shape index (κ1) is 9.46. The molecule has 2 unspecified atom stereocenters. The molecular formula is C11H18N2O2. The van der Waals surface area contributed by atoms with Gasteiger partial charge in [-0.25, -0.2) is 4.79 Å². The molecule has 2 heterocycles. The summed E-state index contributed by atoms with van der Waals surface area (Å²) in [4.78, 5) is 13.8. The molecule has 4 nitrogen and oxygen atoms in total. The van der Waals surface area contributed by atoms with Crippen LogP contribution >= 0.6 is 0 Å². The maximum atomic E-state index is 11.8. The van der Waals surface area contributed by atoms with Crippen molar-refractivity contribution < 1.29 is 9.53 Å². The average molecular weight is 210 g/mol. The normalized spacial score (nSPS) is 36.8. The molecule has 1 saturated carbocycles. The van der Waals surface area contributed by atoms with Crippen molar-refractivity contribution in [3.05, 3.63) is 0 Å². The Hall–Kier alpha value is -0.770. The van der Waals surface area contributed by atoms with Gasteiger partial charge in [0.15, 0.2) is 0 Å². The van der Waals surface area contributed by atoms with Crippen LogP contribution in [0.25, 0.3) is 0 Å². The van der Waals surface area contributed by atoms with E-state index in [1.807, 2.05) is 4.90 Å². The molecule has 84 valence electrons. The van der Waals surface area contributed by atoms with Gasteiger partial charge in [0, 0.05) is 12.6 Å². The second-order valence-corrected chi connectivity index (χ2v) is 4.83. The minimum atomic E-state index is -0.0689. The maximum absolute atomic E-state index is 11.8. The Labute approximate surface area is 90.0 Å². The first-order valence-corrected chi connectivity index (χ1v) is 6.06. The molecular weight excluding hydrogens is 192 g/mol. The molecule has 0 spiro atoms. The fourth-order valence-corrected chi connectivity index (χ4v) is 3.16. The quantitative estimate of drug-likeness (QED) is 0.705. The maximum Gasteiger partial charge on any atom is 0.410 e. The van der Waals surface area contributed by atoms with E-state index in [4.69, 9.17) is 4.74 Å². The van der Waals surface area contributed by atoms with Crippen LogP contribution in [0.1, 0.15) is 32.1 Å². The molecule has 0 aromatic rings. The van der Waals surface area contributed by atoms with Crippen molar-refractivity contribution in [2.45, 2.75) is 50.3 Å². The van der Waals surface area contributed by atoms with Crippen LogP contribution in [-0.4, -0.2) is 42.3 Å². The van der Waals surface area contributed by atoms with Gasteiger partial charge in [-0.05, 0) is 25.8 Å². The molecule has 2 atom stereocenters. The summed E-state index contributed by atoms with van der Waals surface area (Å²) in [5.41, 5.74) is 0. The molecule has 2 aliphatic heterocycles. The standard InChI is InChI=1S/C11H18N2O2/c14-11-13(8-3-1-2-4-8)9-7-12-6-5-10(9)15-11/h8-10,12H,1-7H2. The molecule has 4 heteroatoms. The van der Waals surface area contributed by atoms with Gasteiger partial charge in [-0.1, -0.05) is 12.8 Å². The first-order chi connectivity index (χ1) is 7.36. The van der Waals surface area contributed by atoms with E-state index >= 15 is 0 Å². The zero-order valence-corrected chi connectivity index (χ0v) is 8.95. The number of piperidine rings is 1. The average Bonchev–Trinajstić information content (AvgIpc) is 2.82. The molecule has 15 heavy (non-hydrogen) atoms. The lowest BCUT2D eigenvalue weighted by molar-refractivity contribution is 0.117. The van der Waals surface area contributed by atoms with E-state index in [-0.39, 0.29) is 12.2 Å². The molecule has 1 N–H and O–H groups in total. The van der Waals surface area contributed by atoms with Gasteiger partial charge in [0.1, 0.15) is 6.10 Å². The lowest BCUT2D eigenvalue weighted by atomic mass is 10.0. The second kappa shape index (κ2) is 3.67. The third-order valence-corrected chi connectivity index (χ3v) is 3.93. The van der Waals surface area contributed by atoms with Crippen LogP contribution in [0.3, 0.4) is 0 Å². The van der Waals surface area contributed by atoms with Gasteiger partial charge < -0.3 is 10.1 Å². The number of nitrogens with zero attached hydrogens (tertiary/aromatic N) is 1. The number of carbonyl (C=O) groups is 1. The fourth-order valence-electron chi connectivity index (χ4n) is 3.16. The van der Waals surface area contributed by atoms with Crippen LogP contribution in [0.15, 0.2) is 0 Å². The van der Waals surface area contributed by atoms with E-state index in [1.54, 1.807) is 0 Å². The summed E-state index contributed by atoms with van der Waals surface area (Å²) in [5, 5.41) is 3.36. The summed E-state index contributed by atoms with van der Waals surface area (Å²) in [6.07, 6.45) is 5.91. The third-order valence-electron chi connectivity index (χ3n) is 3.93. The fraction of sp³-hybridized carbons (Fsp3) is 0.909. The number of rotatable bonds is 1. The number of amides is 1. The van der Waals surface area contributed by atoms with Gasteiger partial charge in [0.25, 0.3) is 0 Å². The number of nitrogens with one attached hydrogen (secondary N) is 1. The lowest BCUT2D eigenvalue weighted by Crippen LogP contribution is -2.51. The highest BCUT2D eigenvalue weighted by Gasteiger charge is 2.46. The molecule has 3 fully saturated rings. The number of hydrogen-bond acceptors (Lipinski definition) is 3. The number of fused-ring (bicyclic) bond motifs is 1. The SMILES string of the molecule is O=C1OC2CCNCC2N1C1CCCC1. The van der Waals surface area contributed by atoms with Gasteiger partial charge >= 0.3 is 6.09 Å². The van der Waals surface area contributed by atoms with Crippen molar-refractivity contribution in [2.75, 3.05) is 13.1 Å². The van der Waals surface area contributed by atoms with E-state index in [1.165, 1.54) is 25.7 Å². The zero-order chi connectivity index (χ0) is 10.3. The Kier molecular flexibility index (Phi) is 2.31. The van der Waals surface area contributed by atoms with Crippen LogP contribution in [0.4, 0.5) is 4.79 Å². The van der Waals surface area contributed by atoms with Crippen molar-refractivity contribution >= 4 is 6.09 Å². The topological polar surface area (TPSA) is 41.6 Å². The van der Waals surface area contributed by atoms with Crippen molar-refractivity contribution in [3.63, 3.8) is 0 Å². The molecule has 0 bridgehead atoms. The monoisotopic (exact) mass is 210 g/mol. The molecule has 0 aromatic carbocycles. The molecule has 0 radical (unpaired) electrons.